The molecular weight excluding hydrogens is 254 g/mol. The Labute approximate surface area is 110 Å². The Hall–Kier alpha value is -1.07. The maximum Gasteiger partial charge on any atom is 0.223 e. The van der Waals surface area contributed by atoms with Gasteiger partial charge in [-0.15, -0.1) is 0 Å². The minimum Gasteiger partial charge on any atom is -0.360 e. The van der Waals surface area contributed by atoms with Crippen molar-refractivity contribution in [1.82, 2.24) is 15.4 Å². The third kappa shape index (κ3) is 2.24. The molecule has 1 amide bonds. The number of hydrogen-bond acceptors (Lipinski definition) is 4. The van der Waals surface area contributed by atoms with Crippen LogP contribution >= 0.6 is 11.6 Å². The number of carbonyl (C=O) groups is 1. The number of aryl methyl sites for hydroxylation is 1. The van der Waals surface area contributed by atoms with Crippen LogP contribution in [-0.4, -0.2) is 41.6 Å². The van der Waals surface area contributed by atoms with Crippen LogP contribution < -0.4 is 5.32 Å². The van der Waals surface area contributed by atoms with E-state index < -0.39 is 0 Å². The van der Waals surface area contributed by atoms with Crippen molar-refractivity contribution >= 4 is 17.5 Å². The number of likely N-dealkylation sites (tertiary alicyclic amines) is 1. The van der Waals surface area contributed by atoms with E-state index in [0.717, 1.165) is 26.1 Å². The van der Waals surface area contributed by atoms with E-state index in [1.165, 1.54) is 0 Å². The molecule has 2 fully saturated rings. The van der Waals surface area contributed by atoms with Crippen LogP contribution in [0.1, 0.15) is 18.6 Å². The molecule has 0 spiro atoms. The normalized spacial score (nSPS) is 26.6. The highest BCUT2D eigenvalue weighted by molar-refractivity contribution is 6.29. The molecule has 2 aliphatic rings. The van der Waals surface area contributed by atoms with Crippen molar-refractivity contribution < 1.29 is 9.32 Å². The summed E-state index contributed by atoms with van der Waals surface area (Å²) >= 11 is 5.67. The molecule has 1 N–H and O–H groups in total. The largest absolute Gasteiger partial charge is 0.360 e. The van der Waals surface area contributed by atoms with Crippen LogP contribution in [0.2, 0.25) is 5.15 Å². The zero-order valence-electron chi connectivity index (χ0n) is 10.1. The Balaban J connectivity index is 1.55. The second kappa shape index (κ2) is 4.90. The second-order valence-corrected chi connectivity index (χ2v) is 5.36. The molecule has 18 heavy (non-hydrogen) atoms. The van der Waals surface area contributed by atoms with E-state index in [9.17, 15) is 4.79 Å². The van der Waals surface area contributed by atoms with Gasteiger partial charge in [0.15, 0.2) is 5.15 Å². The van der Waals surface area contributed by atoms with Gasteiger partial charge in [0.05, 0.1) is 0 Å². The van der Waals surface area contributed by atoms with Crippen molar-refractivity contribution in [3.05, 3.63) is 17.0 Å². The number of halogens is 1. The monoisotopic (exact) mass is 269 g/mol. The minimum absolute atomic E-state index is 0.207. The van der Waals surface area contributed by atoms with Gasteiger partial charge in [-0.25, -0.2) is 0 Å². The highest BCUT2D eigenvalue weighted by Gasteiger charge is 2.39. The Bertz CT molecular complexity index is 448. The third-order valence-electron chi connectivity index (χ3n) is 3.88. The fraction of sp³-hybridized carbons (Fsp3) is 0.667. The average molecular weight is 270 g/mol. The molecule has 2 aliphatic heterocycles. The van der Waals surface area contributed by atoms with Gasteiger partial charge < -0.3 is 14.7 Å². The molecule has 0 unspecified atom stereocenters. The number of nitrogens with one attached hydrogen (secondary N) is 1. The number of amides is 1. The molecule has 3 heterocycles. The van der Waals surface area contributed by atoms with Crippen LogP contribution in [0.15, 0.2) is 10.6 Å². The van der Waals surface area contributed by atoms with Gasteiger partial charge in [-0.05, 0) is 12.3 Å². The maximum absolute atomic E-state index is 12.2. The number of aromatic nitrogens is 1. The quantitative estimate of drug-likeness (QED) is 0.892. The molecule has 0 aromatic carbocycles. The average Bonchev–Trinajstić information content (AvgIpc) is 3.01. The van der Waals surface area contributed by atoms with Gasteiger partial charge in [0.2, 0.25) is 5.91 Å². The van der Waals surface area contributed by atoms with Crippen molar-refractivity contribution in [1.29, 1.82) is 0 Å². The van der Waals surface area contributed by atoms with Gasteiger partial charge in [-0.3, -0.25) is 4.79 Å². The fourth-order valence-electron chi connectivity index (χ4n) is 2.94. The standard InChI is InChI=1S/C12H16ClN3O2/c13-11-5-9(18-15-11)1-2-12(17)16-4-3-8-6-14-7-10(8)16/h5,8,10,14H,1-4,6-7H2/t8-,10+/m1/s1. The van der Waals surface area contributed by atoms with E-state index in [1.54, 1.807) is 6.07 Å². The summed E-state index contributed by atoms with van der Waals surface area (Å²) in [5.41, 5.74) is 0. The molecule has 1 aromatic heterocycles. The summed E-state index contributed by atoms with van der Waals surface area (Å²) in [6, 6.07) is 2.06. The van der Waals surface area contributed by atoms with E-state index in [4.69, 9.17) is 16.1 Å². The Kier molecular flexibility index (Phi) is 3.26. The van der Waals surface area contributed by atoms with E-state index in [2.05, 4.69) is 10.5 Å². The van der Waals surface area contributed by atoms with Crippen molar-refractivity contribution in [3.8, 4) is 0 Å². The first-order valence-electron chi connectivity index (χ1n) is 6.35. The van der Waals surface area contributed by atoms with E-state index >= 15 is 0 Å². The second-order valence-electron chi connectivity index (χ2n) is 4.98. The molecule has 0 saturated carbocycles. The Morgan fingerprint density at radius 1 is 1.61 bits per heavy atom. The van der Waals surface area contributed by atoms with Gasteiger partial charge in [0.1, 0.15) is 5.76 Å². The molecule has 0 bridgehead atoms. The first kappa shape index (κ1) is 12.0. The van der Waals surface area contributed by atoms with Gasteiger partial charge in [-0.1, -0.05) is 16.8 Å². The van der Waals surface area contributed by atoms with Crippen molar-refractivity contribution in [2.75, 3.05) is 19.6 Å². The molecule has 5 nitrogen and oxygen atoms in total. The molecule has 0 aliphatic carbocycles. The SMILES string of the molecule is O=C(CCc1cc(Cl)no1)N1CC[C@@H]2CNC[C@@H]21. The van der Waals surface area contributed by atoms with E-state index in [1.807, 2.05) is 4.90 Å². The molecule has 1 aromatic rings. The number of hydrogen-bond donors (Lipinski definition) is 1. The lowest BCUT2D eigenvalue weighted by Gasteiger charge is -2.23. The van der Waals surface area contributed by atoms with Gasteiger partial charge in [0.25, 0.3) is 0 Å². The van der Waals surface area contributed by atoms with E-state index in [-0.39, 0.29) is 5.91 Å². The first-order valence-corrected chi connectivity index (χ1v) is 6.73. The summed E-state index contributed by atoms with van der Waals surface area (Å²) in [5.74, 6) is 1.53. The molecule has 2 saturated heterocycles. The lowest BCUT2D eigenvalue weighted by Crippen LogP contribution is -2.39. The lowest BCUT2D eigenvalue weighted by atomic mass is 10.1. The summed E-state index contributed by atoms with van der Waals surface area (Å²) in [7, 11) is 0. The highest BCUT2D eigenvalue weighted by Crippen LogP contribution is 2.27. The van der Waals surface area contributed by atoms with Gasteiger partial charge in [-0.2, -0.15) is 0 Å². The Morgan fingerprint density at radius 3 is 3.28 bits per heavy atom. The molecule has 2 atom stereocenters. The first-order chi connectivity index (χ1) is 8.74. The van der Waals surface area contributed by atoms with E-state index in [0.29, 0.717) is 35.7 Å². The highest BCUT2D eigenvalue weighted by atomic mass is 35.5. The number of nitrogens with zero attached hydrogens (tertiary/aromatic N) is 2. The molecule has 98 valence electrons. The fourth-order valence-corrected chi connectivity index (χ4v) is 3.09. The van der Waals surface area contributed by atoms with Crippen LogP contribution in [0.4, 0.5) is 0 Å². The summed E-state index contributed by atoms with van der Waals surface area (Å²) in [4.78, 5) is 14.2. The van der Waals surface area contributed by atoms with Crippen LogP contribution in [0.25, 0.3) is 0 Å². The minimum atomic E-state index is 0.207. The van der Waals surface area contributed by atoms with Crippen LogP contribution in [0.3, 0.4) is 0 Å². The molecule has 6 heteroatoms. The zero-order chi connectivity index (χ0) is 12.5. The van der Waals surface area contributed by atoms with Crippen LogP contribution in [0, 0.1) is 5.92 Å². The summed E-state index contributed by atoms with van der Waals surface area (Å²) in [6.45, 7) is 2.88. The van der Waals surface area contributed by atoms with Crippen molar-refractivity contribution in [2.45, 2.75) is 25.3 Å². The Morgan fingerprint density at radius 2 is 2.50 bits per heavy atom. The third-order valence-corrected chi connectivity index (χ3v) is 4.06. The summed E-state index contributed by atoms with van der Waals surface area (Å²) in [5, 5.41) is 7.29. The summed E-state index contributed by atoms with van der Waals surface area (Å²) < 4.78 is 5.00. The zero-order valence-corrected chi connectivity index (χ0v) is 10.8. The van der Waals surface area contributed by atoms with Gasteiger partial charge >= 0.3 is 0 Å². The predicted octanol–water partition coefficient (Wildman–Crippen LogP) is 1.08. The predicted molar refractivity (Wildman–Crippen MR) is 66.3 cm³/mol. The lowest BCUT2D eigenvalue weighted by molar-refractivity contribution is -0.132. The number of carbonyl (C=O) groups excluding carboxylic acids is 1. The molecule has 0 radical (unpaired) electrons. The van der Waals surface area contributed by atoms with Crippen LogP contribution in [0.5, 0.6) is 0 Å². The molecule has 3 rings (SSSR count). The van der Waals surface area contributed by atoms with Crippen molar-refractivity contribution in [2.24, 2.45) is 5.92 Å². The van der Waals surface area contributed by atoms with Crippen molar-refractivity contribution in [3.63, 3.8) is 0 Å². The summed E-state index contributed by atoms with van der Waals surface area (Å²) in [6.07, 6.45) is 2.16. The number of rotatable bonds is 3. The molecular formula is C12H16ClN3O2. The van der Waals surface area contributed by atoms with Gasteiger partial charge in [0, 0.05) is 44.6 Å². The number of fused-ring (bicyclic) bond motifs is 1. The smallest absolute Gasteiger partial charge is 0.223 e. The maximum atomic E-state index is 12.2. The van der Waals surface area contributed by atoms with Crippen LogP contribution in [-0.2, 0) is 11.2 Å². The topological polar surface area (TPSA) is 58.4 Å².